The molecule has 1 unspecified atom stereocenters. The molecule has 3 aromatic rings. The minimum Gasteiger partial charge on any atom is -0.493 e. The average molecular weight is 465 g/mol. The van der Waals surface area contributed by atoms with Crippen LogP contribution in [0.4, 0.5) is 4.39 Å². The zero-order chi connectivity index (χ0) is 24.3. The van der Waals surface area contributed by atoms with Crippen molar-refractivity contribution in [2.75, 3.05) is 20.3 Å². The quantitative estimate of drug-likeness (QED) is 0.466. The van der Waals surface area contributed by atoms with E-state index in [9.17, 15) is 14.0 Å². The molecule has 0 radical (unpaired) electrons. The van der Waals surface area contributed by atoms with Gasteiger partial charge in [-0.05, 0) is 30.7 Å². The SMILES string of the molecule is CCNC(=O)C(Cc1ccccc1)N(Cc1ccccc1F)C(=O)COc1ccccc1OC. The molecular weight excluding hydrogens is 435 g/mol. The third kappa shape index (κ3) is 6.57. The summed E-state index contributed by atoms with van der Waals surface area (Å²) >= 11 is 0. The lowest BCUT2D eigenvalue weighted by Crippen LogP contribution is -2.51. The molecule has 1 N–H and O–H groups in total. The van der Waals surface area contributed by atoms with Crippen LogP contribution in [0.15, 0.2) is 78.9 Å². The molecule has 34 heavy (non-hydrogen) atoms. The monoisotopic (exact) mass is 464 g/mol. The molecule has 2 amide bonds. The van der Waals surface area contributed by atoms with E-state index in [2.05, 4.69) is 5.32 Å². The molecule has 7 heteroatoms. The summed E-state index contributed by atoms with van der Waals surface area (Å²) in [7, 11) is 1.51. The summed E-state index contributed by atoms with van der Waals surface area (Å²) in [5.74, 6) is -0.308. The highest BCUT2D eigenvalue weighted by Crippen LogP contribution is 2.26. The summed E-state index contributed by atoms with van der Waals surface area (Å²) < 4.78 is 25.5. The Hall–Kier alpha value is -3.87. The maximum atomic E-state index is 14.5. The Bertz CT molecular complexity index is 1090. The molecular formula is C27H29FN2O4. The highest BCUT2D eigenvalue weighted by Gasteiger charge is 2.31. The summed E-state index contributed by atoms with van der Waals surface area (Å²) in [5.41, 5.74) is 1.20. The van der Waals surface area contributed by atoms with Crippen LogP contribution in [0, 0.1) is 5.82 Å². The van der Waals surface area contributed by atoms with Crippen LogP contribution in [0.1, 0.15) is 18.1 Å². The third-order valence-electron chi connectivity index (χ3n) is 5.34. The van der Waals surface area contributed by atoms with Gasteiger partial charge in [-0.3, -0.25) is 9.59 Å². The lowest BCUT2D eigenvalue weighted by Gasteiger charge is -2.31. The molecule has 0 heterocycles. The number of nitrogens with one attached hydrogen (secondary N) is 1. The Labute approximate surface area is 199 Å². The number of hydrogen-bond donors (Lipinski definition) is 1. The third-order valence-corrected chi connectivity index (χ3v) is 5.34. The smallest absolute Gasteiger partial charge is 0.261 e. The standard InChI is InChI=1S/C27H29FN2O4/c1-3-29-27(32)23(17-20-11-5-4-6-12-20)30(18-21-13-7-8-14-22(21)28)26(31)19-34-25-16-10-9-15-24(25)33-2/h4-16,23H,3,17-19H2,1-2H3,(H,29,32). The van der Waals surface area contributed by atoms with Crippen LogP contribution >= 0.6 is 0 Å². The van der Waals surface area contributed by atoms with Crippen molar-refractivity contribution in [2.45, 2.75) is 25.9 Å². The van der Waals surface area contributed by atoms with E-state index < -0.39 is 17.8 Å². The van der Waals surface area contributed by atoms with Crippen LogP contribution in [0.2, 0.25) is 0 Å². The predicted octanol–water partition coefficient (Wildman–Crippen LogP) is 3.99. The zero-order valence-corrected chi connectivity index (χ0v) is 19.4. The molecule has 1 atom stereocenters. The van der Waals surface area contributed by atoms with Gasteiger partial charge >= 0.3 is 0 Å². The van der Waals surface area contributed by atoms with Crippen molar-refractivity contribution < 1.29 is 23.5 Å². The van der Waals surface area contributed by atoms with Crippen molar-refractivity contribution >= 4 is 11.8 Å². The highest BCUT2D eigenvalue weighted by atomic mass is 19.1. The van der Waals surface area contributed by atoms with Gasteiger partial charge in [-0.1, -0.05) is 60.7 Å². The van der Waals surface area contributed by atoms with Crippen molar-refractivity contribution in [3.63, 3.8) is 0 Å². The number of halogens is 1. The number of benzene rings is 3. The molecule has 3 aromatic carbocycles. The minimum atomic E-state index is -0.851. The van der Waals surface area contributed by atoms with Gasteiger partial charge in [0.2, 0.25) is 5.91 Å². The van der Waals surface area contributed by atoms with E-state index in [0.717, 1.165) is 5.56 Å². The van der Waals surface area contributed by atoms with E-state index >= 15 is 0 Å². The molecule has 6 nitrogen and oxygen atoms in total. The fraction of sp³-hybridized carbons (Fsp3) is 0.259. The van der Waals surface area contributed by atoms with Gasteiger partial charge in [0.25, 0.3) is 5.91 Å². The number of amides is 2. The number of likely N-dealkylation sites (N-methyl/N-ethyl adjacent to an activating group) is 1. The van der Waals surface area contributed by atoms with Crippen molar-refractivity contribution in [3.8, 4) is 11.5 Å². The Balaban J connectivity index is 1.91. The Morgan fingerprint density at radius 3 is 2.26 bits per heavy atom. The summed E-state index contributed by atoms with van der Waals surface area (Å²) in [5, 5.41) is 2.81. The maximum Gasteiger partial charge on any atom is 0.261 e. The first kappa shape index (κ1) is 24.8. The molecule has 0 aromatic heterocycles. The number of carbonyl (C=O) groups excluding carboxylic acids is 2. The molecule has 0 saturated carbocycles. The van der Waals surface area contributed by atoms with Gasteiger partial charge in [0.1, 0.15) is 11.9 Å². The van der Waals surface area contributed by atoms with Gasteiger partial charge in [0.05, 0.1) is 7.11 Å². The van der Waals surface area contributed by atoms with Crippen molar-refractivity contribution in [1.82, 2.24) is 10.2 Å². The molecule has 0 spiro atoms. The predicted molar refractivity (Wildman–Crippen MR) is 128 cm³/mol. The number of nitrogens with zero attached hydrogens (tertiary/aromatic N) is 1. The molecule has 0 aliphatic rings. The average Bonchev–Trinajstić information content (AvgIpc) is 2.86. The lowest BCUT2D eigenvalue weighted by molar-refractivity contribution is -0.142. The van der Waals surface area contributed by atoms with E-state index in [1.165, 1.54) is 18.1 Å². The first-order valence-electron chi connectivity index (χ1n) is 11.1. The van der Waals surface area contributed by atoms with Crippen LogP contribution in [-0.4, -0.2) is 43.0 Å². The first-order chi connectivity index (χ1) is 16.5. The van der Waals surface area contributed by atoms with Gasteiger partial charge in [-0.25, -0.2) is 4.39 Å². The van der Waals surface area contributed by atoms with Crippen LogP contribution in [0.5, 0.6) is 11.5 Å². The van der Waals surface area contributed by atoms with Crippen LogP contribution < -0.4 is 14.8 Å². The van der Waals surface area contributed by atoms with Crippen molar-refractivity contribution in [1.29, 1.82) is 0 Å². The fourth-order valence-electron chi connectivity index (χ4n) is 3.62. The highest BCUT2D eigenvalue weighted by molar-refractivity contribution is 5.88. The van der Waals surface area contributed by atoms with Crippen molar-refractivity contribution in [2.24, 2.45) is 0 Å². The van der Waals surface area contributed by atoms with Crippen LogP contribution in [0.3, 0.4) is 0 Å². The van der Waals surface area contributed by atoms with E-state index in [4.69, 9.17) is 9.47 Å². The molecule has 0 aliphatic heterocycles. The van der Waals surface area contributed by atoms with E-state index in [1.807, 2.05) is 37.3 Å². The second kappa shape index (κ2) is 12.4. The fourth-order valence-corrected chi connectivity index (χ4v) is 3.62. The first-order valence-corrected chi connectivity index (χ1v) is 11.1. The zero-order valence-electron chi connectivity index (χ0n) is 19.4. The number of para-hydroxylation sites is 2. The van der Waals surface area contributed by atoms with Crippen molar-refractivity contribution in [3.05, 3.63) is 95.8 Å². The molecule has 3 rings (SSSR count). The number of hydrogen-bond acceptors (Lipinski definition) is 4. The summed E-state index contributed by atoms with van der Waals surface area (Å²) in [6.07, 6.45) is 0.279. The Morgan fingerprint density at radius 1 is 0.941 bits per heavy atom. The Kier molecular flexibility index (Phi) is 9.03. The lowest BCUT2D eigenvalue weighted by atomic mass is 10.0. The summed E-state index contributed by atoms with van der Waals surface area (Å²) in [4.78, 5) is 27.9. The topological polar surface area (TPSA) is 67.9 Å². The largest absolute Gasteiger partial charge is 0.493 e. The second-order valence-electron chi connectivity index (χ2n) is 7.65. The number of carbonyl (C=O) groups is 2. The number of ether oxygens (including phenoxy) is 2. The van der Waals surface area contributed by atoms with Gasteiger partial charge < -0.3 is 19.7 Å². The maximum absolute atomic E-state index is 14.5. The van der Waals surface area contributed by atoms with Gasteiger partial charge in [-0.15, -0.1) is 0 Å². The minimum absolute atomic E-state index is 0.0740. The molecule has 178 valence electrons. The molecule has 0 fully saturated rings. The number of rotatable bonds is 11. The van der Waals surface area contributed by atoms with Crippen LogP contribution in [-0.2, 0) is 22.6 Å². The van der Waals surface area contributed by atoms with Gasteiger partial charge in [0, 0.05) is 25.1 Å². The van der Waals surface area contributed by atoms with Crippen LogP contribution in [0.25, 0.3) is 0 Å². The van der Waals surface area contributed by atoms with Gasteiger partial charge in [0.15, 0.2) is 18.1 Å². The molecule has 0 bridgehead atoms. The van der Waals surface area contributed by atoms with E-state index in [0.29, 0.717) is 23.6 Å². The van der Waals surface area contributed by atoms with Gasteiger partial charge in [-0.2, -0.15) is 0 Å². The molecule has 0 saturated heterocycles. The summed E-state index contributed by atoms with van der Waals surface area (Å²) in [6.45, 7) is 1.81. The second-order valence-corrected chi connectivity index (χ2v) is 7.65. The van der Waals surface area contributed by atoms with E-state index in [1.54, 1.807) is 42.5 Å². The van der Waals surface area contributed by atoms with E-state index in [-0.39, 0.29) is 25.5 Å². The molecule has 0 aliphatic carbocycles. The summed E-state index contributed by atoms with van der Waals surface area (Å²) in [6, 6.07) is 21.8. The normalized spacial score (nSPS) is 11.4. The Morgan fingerprint density at radius 2 is 1.59 bits per heavy atom. The number of methoxy groups -OCH3 is 1.